The normalized spacial score (nSPS) is 22.5. The number of ether oxygens (including phenoxy) is 2. The molecule has 0 aromatic heterocycles. The molecular weight excluding hydrogens is 410 g/mol. The Hall–Kier alpha value is -2.33. The van der Waals surface area contributed by atoms with Crippen molar-refractivity contribution in [3.8, 4) is 5.75 Å². The van der Waals surface area contributed by atoms with Crippen molar-refractivity contribution in [2.75, 3.05) is 7.11 Å². The van der Waals surface area contributed by atoms with Crippen molar-refractivity contribution in [2.24, 2.45) is 23.7 Å². The fourth-order valence-corrected chi connectivity index (χ4v) is 5.15. The molecule has 0 bridgehead atoms. The molecule has 0 saturated heterocycles. The highest BCUT2D eigenvalue weighted by molar-refractivity contribution is 5.74. The van der Waals surface area contributed by atoms with Crippen molar-refractivity contribution in [1.82, 2.24) is 5.32 Å². The van der Waals surface area contributed by atoms with Gasteiger partial charge in [0, 0.05) is 12.6 Å². The monoisotopic (exact) mass is 451 g/mol. The first-order valence-electron chi connectivity index (χ1n) is 12.5. The van der Waals surface area contributed by atoms with Crippen LogP contribution in [0.25, 0.3) is 0 Å². The van der Waals surface area contributed by atoms with Crippen LogP contribution in [0.3, 0.4) is 0 Å². The van der Waals surface area contributed by atoms with E-state index in [1.165, 1.54) is 12.0 Å². The van der Waals surface area contributed by atoms with Gasteiger partial charge >= 0.3 is 5.97 Å². The van der Waals surface area contributed by atoms with Gasteiger partial charge in [0.2, 0.25) is 0 Å². The second-order valence-corrected chi connectivity index (χ2v) is 9.93. The molecule has 1 N–H and O–H groups in total. The Morgan fingerprint density at radius 3 is 2.36 bits per heavy atom. The minimum Gasteiger partial charge on any atom is -0.497 e. The number of carbonyl (C=O) groups is 1. The van der Waals surface area contributed by atoms with E-state index in [-0.39, 0.29) is 24.0 Å². The van der Waals surface area contributed by atoms with Gasteiger partial charge < -0.3 is 14.8 Å². The zero-order valence-electron chi connectivity index (χ0n) is 20.9. The third-order valence-corrected chi connectivity index (χ3v) is 7.22. The van der Waals surface area contributed by atoms with E-state index in [2.05, 4.69) is 57.3 Å². The van der Waals surface area contributed by atoms with Crippen LogP contribution >= 0.6 is 0 Å². The van der Waals surface area contributed by atoms with Crippen molar-refractivity contribution in [2.45, 2.75) is 72.1 Å². The molecule has 4 heteroatoms. The molecule has 4 nitrogen and oxygen atoms in total. The molecule has 3 rings (SSSR count). The lowest BCUT2D eigenvalue weighted by Crippen LogP contribution is -2.40. The van der Waals surface area contributed by atoms with Crippen LogP contribution in [0.2, 0.25) is 0 Å². The lowest BCUT2D eigenvalue weighted by molar-refractivity contribution is -0.162. The van der Waals surface area contributed by atoms with Crippen molar-refractivity contribution in [1.29, 1.82) is 0 Å². The maximum Gasteiger partial charge on any atom is 0.311 e. The van der Waals surface area contributed by atoms with E-state index in [9.17, 15) is 4.79 Å². The van der Waals surface area contributed by atoms with E-state index in [4.69, 9.17) is 9.47 Å². The Morgan fingerprint density at radius 2 is 1.76 bits per heavy atom. The predicted octanol–water partition coefficient (Wildman–Crippen LogP) is 6.56. The first kappa shape index (κ1) is 25.3. The molecular formula is C29H41NO3. The summed E-state index contributed by atoms with van der Waals surface area (Å²) >= 11 is 0. The average molecular weight is 452 g/mol. The lowest BCUT2D eigenvalue weighted by atomic mass is 9.75. The minimum atomic E-state index is -0.257. The van der Waals surface area contributed by atoms with Crippen molar-refractivity contribution >= 4 is 5.97 Å². The van der Waals surface area contributed by atoms with E-state index in [0.29, 0.717) is 30.7 Å². The summed E-state index contributed by atoms with van der Waals surface area (Å²) in [5, 5.41) is 3.66. The van der Waals surface area contributed by atoms with Crippen molar-refractivity contribution < 1.29 is 14.3 Å². The van der Waals surface area contributed by atoms with Gasteiger partial charge in [-0.1, -0.05) is 76.6 Å². The highest BCUT2D eigenvalue weighted by Gasteiger charge is 2.37. The van der Waals surface area contributed by atoms with Crippen LogP contribution < -0.4 is 10.1 Å². The fourth-order valence-electron chi connectivity index (χ4n) is 5.15. The number of hydrogen-bond acceptors (Lipinski definition) is 4. The third kappa shape index (κ3) is 6.83. The smallest absolute Gasteiger partial charge is 0.311 e. The van der Waals surface area contributed by atoms with E-state index < -0.39 is 0 Å². The lowest BCUT2D eigenvalue weighted by Gasteiger charge is -2.38. The van der Waals surface area contributed by atoms with E-state index >= 15 is 0 Å². The van der Waals surface area contributed by atoms with Crippen LogP contribution in [0, 0.1) is 23.7 Å². The summed E-state index contributed by atoms with van der Waals surface area (Å²) in [5.74, 6) is 2.04. The highest BCUT2D eigenvalue weighted by atomic mass is 16.5. The largest absolute Gasteiger partial charge is 0.497 e. The van der Waals surface area contributed by atoms with Gasteiger partial charge in [-0.25, -0.2) is 0 Å². The first-order chi connectivity index (χ1) is 15.9. The molecule has 1 saturated carbocycles. The molecule has 0 radical (unpaired) electrons. The number of hydrogen-bond donors (Lipinski definition) is 1. The van der Waals surface area contributed by atoms with Crippen LogP contribution in [0.15, 0.2) is 54.6 Å². The van der Waals surface area contributed by atoms with Crippen molar-refractivity contribution in [3.63, 3.8) is 0 Å². The molecule has 180 valence electrons. The van der Waals surface area contributed by atoms with E-state index in [0.717, 1.165) is 24.2 Å². The molecule has 5 atom stereocenters. The van der Waals surface area contributed by atoms with Gasteiger partial charge in [-0.15, -0.1) is 0 Å². The van der Waals surface area contributed by atoms with Crippen LogP contribution in [-0.2, 0) is 16.1 Å². The van der Waals surface area contributed by atoms with Crippen LogP contribution in [0.1, 0.15) is 70.5 Å². The fraction of sp³-hybridized carbons (Fsp3) is 0.552. The second kappa shape index (κ2) is 12.2. The molecule has 1 aliphatic carbocycles. The summed E-state index contributed by atoms with van der Waals surface area (Å²) in [6.07, 6.45) is 4.06. The molecule has 0 aliphatic heterocycles. The van der Waals surface area contributed by atoms with Gasteiger partial charge in [0.15, 0.2) is 0 Å². The SMILES string of the molecule is CC[C@@H](C(=O)O[C@@H]1C[C@H](C)CC[C@H]1C(C)C)[C@@H](NCc1ccccc1)c1ccc(OC)cc1. The maximum atomic E-state index is 13.6. The summed E-state index contributed by atoms with van der Waals surface area (Å²) in [5.41, 5.74) is 2.27. The number of rotatable bonds is 10. The molecule has 1 fully saturated rings. The van der Waals surface area contributed by atoms with Crippen LogP contribution in [0.4, 0.5) is 0 Å². The van der Waals surface area contributed by atoms with Gasteiger partial charge in [-0.3, -0.25) is 4.79 Å². The summed E-state index contributed by atoms with van der Waals surface area (Å²) in [7, 11) is 1.67. The number of methoxy groups -OCH3 is 1. The number of nitrogens with one attached hydrogen (secondary N) is 1. The van der Waals surface area contributed by atoms with Gasteiger partial charge in [0.1, 0.15) is 11.9 Å². The van der Waals surface area contributed by atoms with Gasteiger partial charge in [-0.05, 0) is 60.3 Å². The number of esters is 1. The van der Waals surface area contributed by atoms with Crippen LogP contribution in [0.5, 0.6) is 5.75 Å². The highest BCUT2D eigenvalue weighted by Crippen LogP contribution is 2.37. The zero-order chi connectivity index (χ0) is 23.8. The summed E-state index contributed by atoms with van der Waals surface area (Å²) in [4.78, 5) is 13.6. The molecule has 2 aromatic rings. The molecule has 0 heterocycles. The van der Waals surface area contributed by atoms with Gasteiger partial charge in [0.05, 0.1) is 13.0 Å². The zero-order valence-corrected chi connectivity index (χ0v) is 20.9. The standard InChI is InChI=1S/C29H41NO3/c1-6-25(29(31)33-27-18-21(4)12-17-26(27)20(2)3)28(23-13-15-24(32-5)16-14-23)30-19-22-10-8-7-9-11-22/h7-11,13-16,20-21,25-28,30H,6,12,17-19H2,1-5H3/t21-,25-,26+,27-,28+/m1/s1. The second-order valence-electron chi connectivity index (χ2n) is 9.93. The molecule has 2 aromatic carbocycles. The Bertz CT molecular complexity index is 849. The van der Waals surface area contributed by atoms with E-state index in [1.54, 1.807) is 7.11 Å². The Morgan fingerprint density at radius 1 is 1.06 bits per heavy atom. The Labute approximate surface area is 200 Å². The molecule has 0 spiro atoms. The molecule has 0 amide bonds. The summed E-state index contributed by atoms with van der Waals surface area (Å²) in [6, 6.07) is 18.2. The third-order valence-electron chi connectivity index (χ3n) is 7.22. The molecule has 1 aliphatic rings. The summed E-state index contributed by atoms with van der Waals surface area (Å²) < 4.78 is 11.6. The van der Waals surface area contributed by atoms with Gasteiger partial charge in [0.25, 0.3) is 0 Å². The van der Waals surface area contributed by atoms with Crippen molar-refractivity contribution in [3.05, 3.63) is 65.7 Å². The molecule has 33 heavy (non-hydrogen) atoms. The topological polar surface area (TPSA) is 47.6 Å². The van der Waals surface area contributed by atoms with Gasteiger partial charge in [-0.2, -0.15) is 0 Å². The Kier molecular flexibility index (Phi) is 9.37. The predicted molar refractivity (Wildman–Crippen MR) is 134 cm³/mol. The minimum absolute atomic E-state index is 0.0148. The average Bonchev–Trinajstić information content (AvgIpc) is 2.82. The quantitative estimate of drug-likeness (QED) is 0.416. The first-order valence-corrected chi connectivity index (χ1v) is 12.5. The Balaban J connectivity index is 1.81. The maximum absolute atomic E-state index is 13.6. The number of benzene rings is 2. The summed E-state index contributed by atoms with van der Waals surface area (Å²) in [6.45, 7) is 9.55. The van der Waals surface area contributed by atoms with E-state index in [1.807, 2.05) is 30.3 Å². The van der Waals surface area contributed by atoms with Crippen LogP contribution in [-0.4, -0.2) is 19.2 Å². The molecule has 0 unspecified atom stereocenters. The number of carbonyl (C=O) groups excluding carboxylic acids is 1.